The molecule has 15 aromatic rings. The normalized spacial score (nSPS) is 10.8. The van der Waals surface area contributed by atoms with Crippen molar-refractivity contribution >= 4 is 58.0 Å². The Hall–Kier alpha value is -12.2. The highest BCUT2D eigenvalue weighted by molar-refractivity contribution is 6.32. The maximum atomic E-state index is 12.6. The van der Waals surface area contributed by atoms with Crippen LogP contribution in [0.25, 0.3) is 55.6 Å². The third-order valence-electron chi connectivity index (χ3n) is 17.9. The predicted molar refractivity (Wildman–Crippen MR) is 465 cm³/mol. The van der Waals surface area contributed by atoms with E-state index in [-0.39, 0.29) is 17.2 Å². The second-order valence-corrected chi connectivity index (χ2v) is 30.1. The maximum Gasteiger partial charge on any atom is 0.388 e. The summed E-state index contributed by atoms with van der Waals surface area (Å²) in [7, 11) is 4.89. The Morgan fingerprint density at radius 3 is 1.02 bits per heavy atom. The average molecular weight is 1700 g/mol. The SMILES string of the molecule is COc1ncc(Cc2ccc(C(C)(C)C)nc2)cc1-c1cccc(Cl)c1.COc1ncc(Cc2ccccc2)cc1-c1cccc(Cl)c1.COc1ncc(Cc2ccnc(C)c2)cc1-c1cccc(Cl)c1.FC(F)Oc1ncc(Cc2ccccn2)cc1-c1cccc(Cl)c1.FC(F)Oc1ncc(Cc2cnccn2)cc1-c1cccc(Cl)c1. The topological polar surface area (TPSA) is 175 Å². The Labute approximate surface area is 714 Å². The standard InChI is InChI=1S/C22H23ClN2O.C19H17ClN2O.C19H16ClNO.C18H13ClF2N2O.C17H12ClF2N3O/c1-22(2,3)20-9-8-15(13-24-20)10-16-11-19(21(26-4)25-14-16)17-6-5-7-18(23)12-17;1-13-8-14(6-7-21-13)9-15-10-18(19(23-2)22-12-15)16-4-3-5-17(20)11-16;1-22-19-18(16-8-5-9-17(20)12-16)11-15(13-21-19)10-14-6-3-2-4-7-14;19-14-5-3-4-13(10-14)16-9-12(8-15-6-1-2-7-22-15)11-23-17(16)24-18(20)21;18-13-3-1-2-12(8-13)15-7-11(6-14-10-21-4-5-22-14)9-23-16(15)24-17(19)20/h5-9,11-14H,10H2,1-4H3;3-8,10-12H,9H2,1-2H3;2-9,11-13H,10H2,1H3;1-7,9-11,18H,8H2;1-5,7-10,17H,6H2. The number of aryl methyl sites for hydroxylation is 1. The van der Waals surface area contributed by atoms with Crippen molar-refractivity contribution in [2.24, 2.45) is 0 Å². The summed E-state index contributed by atoms with van der Waals surface area (Å²) in [5.41, 5.74) is 20.4. The van der Waals surface area contributed by atoms with Crippen molar-refractivity contribution in [2.45, 2.75) is 78.4 Å². The van der Waals surface area contributed by atoms with E-state index in [0.717, 1.165) is 109 Å². The molecule has 0 N–H and O–H groups in total. The Morgan fingerprint density at radius 2 is 0.664 bits per heavy atom. The summed E-state index contributed by atoms with van der Waals surface area (Å²) in [4.78, 5) is 42.7. The van der Waals surface area contributed by atoms with E-state index in [1.54, 1.807) is 107 Å². The molecule has 0 saturated heterocycles. The van der Waals surface area contributed by atoms with Crippen LogP contribution < -0.4 is 23.7 Å². The lowest BCUT2D eigenvalue weighted by Gasteiger charge is -2.17. The van der Waals surface area contributed by atoms with Gasteiger partial charge < -0.3 is 23.7 Å². The summed E-state index contributed by atoms with van der Waals surface area (Å²) >= 11 is 30.3. The zero-order valence-corrected chi connectivity index (χ0v) is 69.6. The molecule has 6 aromatic carbocycles. The van der Waals surface area contributed by atoms with Gasteiger partial charge in [0.2, 0.25) is 29.4 Å². The molecule has 604 valence electrons. The van der Waals surface area contributed by atoms with E-state index in [4.69, 9.17) is 72.2 Å². The Balaban J connectivity index is 0.000000146. The first-order chi connectivity index (χ1) is 57.5. The molecule has 9 aromatic heterocycles. The van der Waals surface area contributed by atoms with Gasteiger partial charge in [0.25, 0.3) is 0 Å². The van der Waals surface area contributed by atoms with Gasteiger partial charge in [-0.25, -0.2) is 24.9 Å². The van der Waals surface area contributed by atoms with E-state index >= 15 is 0 Å². The van der Waals surface area contributed by atoms with E-state index in [1.165, 1.54) is 23.5 Å². The molecule has 15 nitrogen and oxygen atoms in total. The molecule has 24 heteroatoms. The smallest absolute Gasteiger partial charge is 0.388 e. The van der Waals surface area contributed by atoms with Gasteiger partial charge in [-0.3, -0.25) is 24.9 Å². The van der Waals surface area contributed by atoms with Crippen molar-refractivity contribution < 1.29 is 41.2 Å². The number of benzene rings is 6. The van der Waals surface area contributed by atoms with Crippen molar-refractivity contribution in [3.63, 3.8) is 0 Å². The first kappa shape index (κ1) is 87.6. The first-order valence-electron chi connectivity index (χ1n) is 37.3. The number of alkyl halides is 4. The molecule has 0 unspecified atom stereocenters. The Kier molecular flexibility index (Phi) is 31.9. The van der Waals surface area contributed by atoms with Crippen LogP contribution in [0.3, 0.4) is 0 Å². The van der Waals surface area contributed by atoms with Gasteiger partial charge in [0.15, 0.2) is 0 Å². The van der Waals surface area contributed by atoms with Gasteiger partial charge in [-0.2, -0.15) is 17.6 Å². The molecule has 9 heterocycles. The van der Waals surface area contributed by atoms with Gasteiger partial charge in [0.05, 0.1) is 27.0 Å². The molecule has 0 amide bonds. The summed E-state index contributed by atoms with van der Waals surface area (Å²) in [6, 6.07) is 71.1. The molecule has 0 saturated carbocycles. The third kappa shape index (κ3) is 26.6. The van der Waals surface area contributed by atoms with Crippen LogP contribution in [0.15, 0.2) is 293 Å². The monoisotopic (exact) mass is 1690 g/mol. The highest BCUT2D eigenvalue weighted by atomic mass is 35.5. The van der Waals surface area contributed by atoms with Gasteiger partial charge in [-0.1, -0.05) is 182 Å². The second kappa shape index (κ2) is 43.3. The van der Waals surface area contributed by atoms with E-state index in [1.807, 2.05) is 153 Å². The van der Waals surface area contributed by atoms with Gasteiger partial charge in [0.1, 0.15) is 0 Å². The number of methoxy groups -OCH3 is 3. The van der Waals surface area contributed by atoms with Crippen LogP contribution in [0.5, 0.6) is 29.4 Å². The molecule has 0 atom stereocenters. The number of halogens is 9. The lowest BCUT2D eigenvalue weighted by molar-refractivity contribution is -0.0531. The second-order valence-electron chi connectivity index (χ2n) is 27.9. The van der Waals surface area contributed by atoms with Crippen LogP contribution in [-0.4, -0.2) is 84.4 Å². The number of nitrogens with zero attached hydrogens (tertiary/aromatic N) is 10. The number of rotatable bonds is 22. The van der Waals surface area contributed by atoms with Gasteiger partial charge in [-0.15, -0.1) is 0 Å². The third-order valence-corrected chi connectivity index (χ3v) is 19.1. The van der Waals surface area contributed by atoms with Gasteiger partial charge >= 0.3 is 13.2 Å². The molecule has 119 heavy (non-hydrogen) atoms. The molecule has 0 bridgehead atoms. The quantitative estimate of drug-likeness (QED) is 0.0586. The van der Waals surface area contributed by atoms with Crippen LogP contribution in [-0.2, 0) is 37.5 Å². The predicted octanol–water partition coefficient (Wildman–Crippen LogP) is 24.8. The lowest BCUT2D eigenvalue weighted by atomic mass is 9.91. The molecule has 15 rings (SSSR count). The maximum absolute atomic E-state index is 12.6. The van der Waals surface area contributed by atoms with Gasteiger partial charge in [-0.05, 0) is 213 Å². The Bertz CT molecular complexity index is 5670. The van der Waals surface area contributed by atoms with Crippen LogP contribution >= 0.6 is 58.0 Å². The van der Waals surface area contributed by atoms with Crippen LogP contribution in [0, 0.1) is 6.92 Å². The minimum atomic E-state index is -2.96. The first-order valence-corrected chi connectivity index (χ1v) is 39.2. The van der Waals surface area contributed by atoms with E-state index in [9.17, 15) is 17.6 Å². The average Bonchev–Trinajstić information content (AvgIpc) is 0.834. The highest BCUT2D eigenvalue weighted by Gasteiger charge is 2.20. The molecule has 0 aliphatic heterocycles. The van der Waals surface area contributed by atoms with Crippen LogP contribution in [0.1, 0.15) is 88.1 Å². The lowest BCUT2D eigenvalue weighted by Crippen LogP contribution is -2.13. The molecule has 0 aliphatic carbocycles. The van der Waals surface area contributed by atoms with Crippen molar-refractivity contribution in [1.82, 2.24) is 49.8 Å². The minimum absolute atomic E-state index is 0.0555. The zero-order valence-electron chi connectivity index (χ0n) is 65.8. The fourth-order valence-corrected chi connectivity index (χ4v) is 13.4. The molecule has 0 aliphatic rings. The van der Waals surface area contributed by atoms with Crippen LogP contribution in [0.4, 0.5) is 17.6 Å². The van der Waals surface area contributed by atoms with Gasteiger partial charge in [0, 0.05) is 163 Å². The summed E-state index contributed by atoms with van der Waals surface area (Å²) in [5, 5.41) is 3.09. The highest BCUT2D eigenvalue weighted by Crippen LogP contribution is 2.38. The van der Waals surface area contributed by atoms with E-state index < -0.39 is 13.2 Å². The molecule has 0 fully saturated rings. The van der Waals surface area contributed by atoms with Crippen molar-refractivity contribution in [3.05, 3.63) is 385 Å². The fourth-order valence-electron chi connectivity index (χ4n) is 12.5. The minimum Gasteiger partial charge on any atom is -0.481 e. The van der Waals surface area contributed by atoms with E-state index in [0.29, 0.717) is 77.8 Å². The summed E-state index contributed by atoms with van der Waals surface area (Å²) < 4.78 is 75.9. The summed E-state index contributed by atoms with van der Waals surface area (Å²) in [6.07, 6.45) is 22.3. The number of hydrogen-bond donors (Lipinski definition) is 0. The summed E-state index contributed by atoms with van der Waals surface area (Å²) in [6.45, 7) is 2.59. The van der Waals surface area contributed by atoms with Crippen molar-refractivity contribution in [1.29, 1.82) is 0 Å². The number of aromatic nitrogens is 10. The number of hydrogen-bond acceptors (Lipinski definition) is 15. The Morgan fingerprint density at radius 1 is 0.294 bits per heavy atom. The van der Waals surface area contributed by atoms with E-state index in [2.05, 4.69) is 129 Å². The number of ether oxygens (including phenoxy) is 5. The summed E-state index contributed by atoms with van der Waals surface area (Å²) in [5.74, 6) is 1.53. The molecular formula is C95H81Cl5F4N10O5. The largest absolute Gasteiger partial charge is 0.481 e. The zero-order chi connectivity index (χ0) is 84.2. The number of pyridine rings is 8. The molecular weight excluding hydrogens is 1610 g/mol. The fraction of sp³-hybridized carbons (Fsp3) is 0.158. The van der Waals surface area contributed by atoms with Crippen molar-refractivity contribution in [2.75, 3.05) is 21.3 Å². The molecule has 0 spiro atoms. The van der Waals surface area contributed by atoms with Crippen LogP contribution in [0.2, 0.25) is 25.1 Å². The van der Waals surface area contributed by atoms with Crippen molar-refractivity contribution in [3.8, 4) is 85.0 Å². The molecule has 0 radical (unpaired) electrons.